The molecule has 0 bridgehead atoms. The number of hydrogen-bond donors (Lipinski definition) is 2. The molecule has 1 spiro atoms. The van der Waals surface area contributed by atoms with Crippen LogP contribution in [0.4, 0.5) is 23.5 Å². The van der Waals surface area contributed by atoms with Gasteiger partial charge in [-0.25, -0.2) is 19.2 Å². The maximum atomic E-state index is 13.3. The zero-order valence-electron chi connectivity index (χ0n) is 18.1. The van der Waals surface area contributed by atoms with Crippen LogP contribution < -0.4 is 5.32 Å². The molecule has 2 aliphatic rings. The number of rotatable bonds is 5. The van der Waals surface area contributed by atoms with Gasteiger partial charge in [0.1, 0.15) is 11.4 Å². The molecule has 2 aliphatic heterocycles. The first-order chi connectivity index (χ1) is 16.1. The maximum absolute atomic E-state index is 13.3. The molecule has 12 heteroatoms. The fraction of sp³-hybridized carbons (Fsp3) is 0.455. The second-order valence-electron chi connectivity index (χ2n) is 8.21. The average Bonchev–Trinajstić information content (AvgIpc) is 2.77. The van der Waals surface area contributed by atoms with Crippen LogP contribution in [0.5, 0.6) is 0 Å². The van der Waals surface area contributed by atoms with Crippen molar-refractivity contribution in [2.24, 2.45) is 5.92 Å². The predicted molar refractivity (Wildman–Crippen MR) is 112 cm³/mol. The minimum absolute atomic E-state index is 0.0276. The van der Waals surface area contributed by atoms with Gasteiger partial charge in [-0.05, 0) is 42.5 Å². The molecule has 0 radical (unpaired) electrons. The number of amides is 1. The highest BCUT2D eigenvalue weighted by molar-refractivity contribution is 5.80. The summed E-state index contributed by atoms with van der Waals surface area (Å²) in [5, 5.41) is 10.4. The van der Waals surface area contributed by atoms with Crippen LogP contribution in [0.3, 0.4) is 0 Å². The molecule has 0 saturated carbocycles. The summed E-state index contributed by atoms with van der Waals surface area (Å²) in [6.07, 6.45) is 0.568. The molecule has 0 aliphatic carbocycles. The SMILES string of the molecule is O=C(Cc1cccc(F)c1)N1CC2(CCC(CNc3ncccn3)CO2)C1.O=C(O)C(F)(F)F. The molecular formula is C22H24F4N4O4. The number of halogens is 4. The number of nitrogens with zero attached hydrogens (tertiary/aromatic N) is 3. The third-order valence-corrected chi connectivity index (χ3v) is 5.55. The first-order valence-electron chi connectivity index (χ1n) is 10.5. The number of hydrogen-bond acceptors (Lipinski definition) is 6. The summed E-state index contributed by atoms with van der Waals surface area (Å²) >= 11 is 0. The van der Waals surface area contributed by atoms with Gasteiger partial charge in [-0.3, -0.25) is 4.79 Å². The number of aromatic nitrogens is 2. The van der Waals surface area contributed by atoms with Crippen LogP contribution in [0, 0.1) is 11.7 Å². The molecule has 4 rings (SSSR count). The van der Waals surface area contributed by atoms with Gasteiger partial charge in [-0.15, -0.1) is 0 Å². The number of carboxylic acid groups (broad SMARTS) is 1. The maximum Gasteiger partial charge on any atom is 0.490 e. The molecule has 3 heterocycles. The molecule has 1 aromatic carbocycles. The van der Waals surface area contributed by atoms with E-state index in [-0.39, 0.29) is 23.7 Å². The van der Waals surface area contributed by atoms with Crippen LogP contribution in [0.15, 0.2) is 42.7 Å². The quantitative estimate of drug-likeness (QED) is 0.629. The van der Waals surface area contributed by atoms with E-state index in [0.29, 0.717) is 37.1 Å². The van der Waals surface area contributed by atoms with Crippen LogP contribution in [-0.2, 0) is 20.7 Å². The number of alkyl halides is 3. The largest absolute Gasteiger partial charge is 0.490 e. The minimum Gasteiger partial charge on any atom is -0.475 e. The zero-order valence-corrected chi connectivity index (χ0v) is 18.1. The Morgan fingerprint density at radius 2 is 1.88 bits per heavy atom. The predicted octanol–water partition coefficient (Wildman–Crippen LogP) is 2.91. The van der Waals surface area contributed by atoms with E-state index in [9.17, 15) is 22.4 Å². The molecule has 2 saturated heterocycles. The normalized spacial score (nSPS) is 18.9. The molecule has 184 valence electrons. The summed E-state index contributed by atoms with van der Waals surface area (Å²) in [4.78, 5) is 31.4. The zero-order chi connectivity index (χ0) is 24.8. The van der Waals surface area contributed by atoms with Crippen LogP contribution in [-0.4, -0.2) is 69.9 Å². The monoisotopic (exact) mass is 484 g/mol. The Morgan fingerprint density at radius 1 is 1.21 bits per heavy atom. The number of aliphatic carboxylic acids is 1. The Morgan fingerprint density at radius 3 is 2.44 bits per heavy atom. The Balaban J connectivity index is 0.000000406. The third kappa shape index (κ3) is 7.11. The molecule has 8 nitrogen and oxygen atoms in total. The number of carbonyl (C=O) groups is 2. The van der Waals surface area contributed by atoms with E-state index in [2.05, 4.69) is 15.3 Å². The smallest absolute Gasteiger partial charge is 0.475 e. The van der Waals surface area contributed by atoms with E-state index < -0.39 is 12.1 Å². The highest BCUT2D eigenvalue weighted by atomic mass is 19.4. The standard InChI is InChI=1S/C20H23FN4O2.C2HF3O2/c21-17-4-1-3-15(9-17)10-18(26)25-13-20(14-25)6-5-16(12-27-20)11-24-19-22-7-2-8-23-19;3-2(4,5)1(6)7/h1-4,7-9,16H,5-6,10-14H2,(H,22,23,24);(H,6,7). The highest BCUT2D eigenvalue weighted by Crippen LogP contribution is 2.36. The van der Waals surface area contributed by atoms with Gasteiger partial charge in [0, 0.05) is 18.9 Å². The first-order valence-corrected chi connectivity index (χ1v) is 10.5. The Bertz CT molecular complexity index is 974. The second kappa shape index (κ2) is 10.8. The van der Waals surface area contributed by atoms with Crippen molar-refractivity contribution in [1.29, 1.82) is 0 Å². The second-order valence-corrected chi connectivity index (χ2v) is 8.21. The Hall–Kier alpha value is -3.28. The Kier molecular flexibility index (Phi) is 8.02. The summed E-state index contributed by atoms with van der Waals surface area (Å²) < 4.78 is 51.1. The van der Waals surface area contributed by atoms with E-state index in [1.807, 2.05) is 0 Å². The topological polar surface area (TPSA) is 105 Å². The minimum atomic E-state index is -5.08. The van der Waals surface area contributed by atoms with Crippen molar-refractivity contribution in [3.05, 3.63) is 54.1 Å². The van der Waals surface area contributed by atoms with E-state index in [4.69, 9.17) is 14.6 Å². The molecule has 1 aromatic heterocycles. The Labute approximate surface area is 193 Å². The molecule has 1 atom stereocenters. The van der Waals surface area contributed by atoms with E-state index in [1.165, 1.54) is 12.1 Å². The van der Waals surface area contributed by atoms with Crippen molar-refractivity contribution in [2.75, 3.05) is 31.6 Å². The number of anilines is 1. The molecule has 1 amide bonds. The number of carbonyl (C=O) groups excluding carboxylic acids is 1. The molecule has 34 heavy (non-hydrogen) atoms. The lowest BCUT2D eigenvalue weighted by Crippen LogP contribution is -2.66. The molecule has 2 fully saturated rings. The van der Waals surface area contributed by atoms with Gasteiger partial charge in [-0.2, -0.15) is 13.2 Å². The van der Waals surface area contributed by atoms with Gasteiger partial charge >= 0.3 is 12.1 Å². The lowest BCUT2D eigenvalue weighted by Gasteiger charge is -2.52. The van der Waals surface area contributed by atoms with Crippen LogP contribution in [0.2, 0.25) is 0 Å². The van der Waals surface area contributed by atoms with Gasteiger partial charge in [-0.1, -0.05) is 12.1 Å². The number of ether oxygens (including phenoxy) is 1. The number of likely N-dealkylation sites (tertiary alicyclic amines) is 1. The first kappa shape index (κ1) is 25.3. The summed E-state index contributed by atoms with van der Waals surface area (Å²) in [7, 11) is 0. The van der Waals surface area contributed by atoms with Gasteiger partial charge in [0.25, 0.3) is 0 Å². The van der Waals surface area contributed by atoms with Crippen LogP contribution in [0.1, 0.15) is 18.4 Å². The average molecular weight is 484 g/mol. The van der Waals surface area contributed by atoms with Crippen LogP contribution >= 0.6 is 0 Å². The lowest BCUT2D eigenvalue weighted by molar-refractivity contribution is -0.192. The molecule has 1 unspecified atom stereocenters. The van der Waals surface area contributed by atoms with Gasteiger partial charge < -0.3 is 20.1 Å². The van der Waals surface area contributed by atoms with Crippen molar-refractivity contribution in [2.45, 2.75) is 31.0 Å². The van der Waals surface area contributed by atoms with Crippen molar-refractivity contribution in [3.8, 4) is 0 Å². The summed E-state index contributed by atoms with van der Waals surface area (Å²) in [6, 6.07) is 8.00. The van der Waals surface area contributed by atoms with Crippen molar-refractivity contribution < 1.29 is 37.0 Å². The van der Waals surface area contributed by atoms with Crippen molar-refractivity contribution in [1.82, 2.24) is 14.9 Å². The number of benzene rings is 1. The third-order valence-electron chi connectivity index (χ3n) is 5.55. The number of nitrogens with one attached hydrogen (secondary N) is 1. The van der Waals surface area contributed by atoms with Gasteiger partial charge in [0.15, 0.2) is 0 Å². The fourth-order valence-electron chi connectivity index (χ4n) is 3.71. The van der Waals surface area contributed by atoms with Gasteiger partial charge in [0.2, 0.25) is 11.9 Å². The summed E-state index contributed by atoms with van der Waals surface area (Å²) in [5.74, 6) is -1.99. The van der Waals surface area contributed by atoms with Gasteiger partial charge in [0.05, 0.1) is 26.1 Å². The summed E-state index contributed by atoms with van der Waals surface area (Å²) in [6.45, 7) is 2.71. The van der Waals surface area contributed by atoms with E-state index in [1.54, 1.807) is 35.5 Å². The van der Waals surface area contributed by atoms with Crippen molar-refractivity contribution >= 4 is 17.8 Å². The summed E-state index contributed by atoms with van der Waals surface area (Å²) in [5.41, 5.74) is 0.511. The van der Waals surface area contributed by atoms with Crippen LogP contribution in [0.25, 0.3) is 0 Å². The molecular weight excluding hydrogens is 460 g/mol. The highest BCUT2D eigenvalue weighted by Gasteiger charge is 2.48. The number of carboxylic acids is 1. The molecule has 2 aromatic rings. The molecule has 2 N–H and O–H groups in total. The fourth-order valence-corrected chi connectivity index (χ4v) is 3.71. The van der Waals surface area contributed by atoms with E-state index >= 15 is 0 Å². The lowest BCUT2D eigenvalue weighted by atomic mass is 9.82. The van der Waals surface area contributed by atoms with Crippen molar-refractivity contribution in [3.63, 3.8) is 0 Å². The van der Waals surface area contributed by atoms with E-state index in [0.717, 1.165) is 19.4 Å².